The maximum Gasteiger partial charge on any atom is 0.417 e. The van der Waals surface area contributed by atoms with Crippen LogP contribution in [0, 0.1) is 0 Å². The summed E-state index contributed by atoms with van der Waals surface area (Å²) in [6, 6.07) is 2.93. The van der Waals surface area contributed by atoms with Crippen molar-refractivity contribution >= 4 is 30.1 Å². The Bertz CT molecular complexity index is 465. The Morgan fingerprint density at radius 2 is 2.06 bits per heavy atom. The van der Waals surface area contributed by atoms with Gasteiger partial charge in [0.1, 0.15) is 6.61 Å². The van der Waals surface area contributed by atoms with Crippen molar-refractivity contribution in [1.82, 2.24) is 5.32 Å². The lowest BCUT2D eigenvalue weighted by Crippen LogP contribution is -2.19. The first-order valence-corrected chi connectivity index (χ1v) is 5.05. The minimum atomic E-state index is -4.52. The molecular weight excluding hydrogens is 294 g/mol. The van der Waals surface area contributed by atoms with E-state index in [4.69, 9.17) is 11.6 Å². The summed E-state index contributed by atoms with van der Waals surface area (Å²) in [6.45, 7) is 0.0117. The van der Waals surface area contributed by atoms with Gasteiger partial charge in [-0.3, -0.25) is 0 Å². The SMILES string of the molecule is Cl.O=C1N[C@@H](c2ccc(Cl)c(C(F)(F)F)c2)CO1. The van der Waals surface area contributed by atoms with Crippen molar-refractivity contribution in [3.8, 4) is 0 Å². The fourth-order valence-electron chi connectivity index (χ4n) is 1.54. The van der Waals surface area contributed by atoms with E-state index in [1.54, 1.807) is 0 Å². The summed E-state index contributed by atoms with van der Waals surface area (Å²) in [5.41, 5.74) is -0.606. The number of alkyl carbamates (subject to hydrolysis) is 1. The van der Waals surface area contributed by atoms with E-state index >= 15 is 0 Å². The van der Waals surface area contributed by atoms with Gasteiger partial charge in [0.2, 0.25) is 0 Å². The molecular formula is C10H8Cl2F3NO2. The Morgan fingerprint density at radius 3 is 2.56 bits per heavy atom. The maximum atomic E-state index is 12.6. The summed E-state index contributed by atoms with van der Waals surface area (Å²) in [6.07, 6.45) is -5.16. The zero-order valence-corrected chi connectivity index (χ0v) is 10.3. The van der Waals surface area contributed by atoms with Gasteiger partial charge < -0.3 is 10.1 Å². The van der Waals surface area contributed by atoms with E-state index in [1.807, 2.05) is 0 Å². The molecule has 1 aromatic rings. The minimum absolute atomic E-state index is 0. The molecule has 0 aromatic heterocycles. The Kier molecular flexibility index (Phi) is 4.34. The fourth-order valence-corrected chi connectivity index (χ4v) is 1.77. The number of cyclic esters (lactones) is 1. The second-order valence-electron chi connectivity index (χ2n) is 3.53. The zero-order valence-electron chi connectivity index (χ0n) is 8.75. The number of carbonyl (C=O) groups is 1. The molecule has 0 spiro atoms. The molecule has 3 nitrogen and oxygen atoms in total. The lowest BCUT2D eigenvalue weighted by Gasteiger charge is -2.13. The highest BCUT2D eigenvalue weighted by Gasteiger charge is 2.34. The van der Waals surface area contributed by atoms with Crippen molar-refractivity contribution in [3.63, 3.8) is 0 Å². The third-order valence-corrected chi connectivity index (χ3v) is 2.70. The highest BCUT2D eigenvalue weighted by atomic mass is 35.5. The van der Waals surface area contributed by atoms with Gasteiger partial charge in [0, 0.05) is 0 Å². The van der Waals surface area contributed by atoms with Crippen molar-refractivity contribution in [1.29, 1.82) is 0 Å². The summed E-state index contributed by atoms with van der Waals surface area (Å²) < 4.78 is 42.4. The van der Waals surface area contributed by atoms with Crippen LogP contribution in [0.1, 0.15) is 17.2 Å². The van der Waals surface area contributed by atoms with Gasteiger partial charge in [0.15, 0.2) is 0 Å². The van der Waals surface area contributed by atoms with Gasteiger partial charge in [-0.1, -0.05) is 17.7 Å². The molecule has 1 amide bonds. The Hall–Kier alpha value is -1.14. The normalized spacial score (nSPS) is 18.9. The number of hydrogen-bond donors (Lipinski definition) is 1. The van der Waals surface area contributed by atoms with Crippen LogP contribution < -0.4 is 5.32 Å². The number of halogens is 5. The summed E-state index contributed by atoms with van der Waals surface area (Å²) in [5.74, 6) is 0. The minimum Gasteiger partial charge on any atom is -0.447 e. The lowest BCUT2D eigenvalue weighted by atomic mass is 10.0. The van der Waals surface area contributed by atoms with Gasteiger partial charge in [-0.15, -0.1) is 12.4 Å². The van der Waals surface area contributed by atoms with Crippen molar-refractivity contribution in [3.05, 3.63) is 34.3 Å². The van der Waals surface area contributed by atoms with Crippen LogP contribution >= 0.6 is 24.0 Å². The zero-order chi connectivity index (χ0) is 12.6. The van der Waals surface area contributed by atoms with E-state index in [9.17, 15) is 18.0 Å². The predicted molar refractivity (Wildman–Crippen MR) is 60.9 cm³/mol. The first-order chi connectivity index (χ1) is 7.88. The molecule has 1 heterocycles. The molecule has 8 heteroatoms. The number of rotatable bonds is 1. The van der Waals surface area contributed by atoms with Gasteiger partial charge in [0.05, 0.1) is 16.6 Å². The van der Waals surface area contributed by atoms with E-state index in [2.05, 4.69) is 10.1 Å². The molecule has 1 aliphatic rings. The molecule has 2 rings (SSSR count). The first-order valence-electron chi connectivity index (χ1n) is 4.68. The number of hydrogen-bond acceptors (Lipinski definition) is 2. The number of carbonyl (C=O) groups excluding carboxylic acids is 1. The third kappa shape index (κ3) is 3.00. The van der Waals surface area contributed by atoms with Gasteiger partial charge in [-0.25, -0.2) is 4.79 Å². The van der Waals surface area contributed by atoms with E-state index in [0.29, 0.717) is 5.56 Å². The van der Waals surface area contributed by atoms with Crippen LogP contribution in [0.25, 0.3) is 0 Å². The van der Waals surface area contributed by atoms with Gasteiger partial charge in [-0.2, -0.15) is 13.2 Å². The number of ether oxygens (including phenoxy) is 1. The molecule has 1 aromatic carbocycles. The standard InChI is InChI=1S/C10H7ClF3NO2.ClH/c11-7-2-1-5(3-6(7)10(12,13)14)8-4-17-9(16)15-8;/h1-3,8H,4H2,(H,15,16);1H/t8-;/m1./s1. The average molecular weight is 302 g/mol. The van der Waals surface area contributed by atoms with Crippen LogP contribution in [0.15, 0.2) is 18.2 Å². The molecule has 1 N–H and O–H groups in total. The lowest BCUT2D eigenvalue weighted by molar-refractivity contribution is -0.137. The quantitative estimate of drug-likeness (QED) is 0.861. The summed E-state index contributed by atoms with van der Waals surface area (Å²) >= 11 is 5.48. The van der Waals surface area contributed by atoms with E-state index < -0.39 is 23.9 Å². The Balaban J connectivity index is 0.00000162. The number of nitrogens with one attached hydrogen (secondary N) is 1. The fraction of sp³-hybridized carbons (Fsp3) is 0.300. The van der Waals surface area contributed by atoms with Crippen LogP contribution in [0.4, 0.5) is 18.0 Å². The predicted octanol–water partition coefficient (Wildman–Crippen LogP) is 3.56. The monoisotopic (exact) mass is 301 g/mol. The molecule has 100 valence electrons. The van der Waals surface area contributed by atoms with Gasteiger partial charge >= 0.3 is 12.3 Å². The second-order valence-corrected chi connectivity index (χ2v) is 3.94. The molecule has 0 radical (unpaired) electrons. The van der Waals surface area contributed by atoms with E-state index in [0.717, 1.165) is 12.1 Å². The molecule has 1 fully saturated rings. The van der Waals surface area contributed by atoms with Crippen molar-refractivity contribution in [2.24, 2.45) is 0 Å². The summed E-state index contributed by atoms with van der Waals surface area (Å²) in [4.78, 5) is 10.8. The summed E-state index contributed by atoms with van der Waals surface area (Å²) in [7, 11) is 0. The van der Waals surface area contributed by atoms with Crippen molar-refractivity contribution in [2.45, 2.75) is 12.2 Å². The Labute approximate surface area is 112 Å². The number of amides is 1. The van der Waals surface area contributed by atoms with E-state index in [1.165, 1.54) is 6.07 Å². The molecule has 18 heavy (non-hydrogen) atoms. The average Bonchev–Trinajstić information content (AvgIpc) is 2.64. The molecule has 0 aliphatic carbocycles. The third-order valence-electron chi connectivity index (χ3n) is 2.37. The number of alkyl halides is 3. The van der Waals surface area contributed by atoms with Crippen LogP contribution in [0.2, 0.25) is 5.02 Å². The molecule has 1 saturated heterocycles. The molecule has 0 bridgehead atoms. The first kappa shape index (κ1) is 14.9. The molecule has 1 aliphatic heterocycles. The molecule has 0 saturated carbocycles. The maximum absolute atomic E-state index is 12.6. The van der Waals surface area contributed by atoms with Crippen LogP contribution in [0.3, 0.4) is 0 Å². The van der Waals surface area contributed by atoms with Crippen LogP contribution in [-0.2, 0) is 10.9 Å². The van der Waals surface area contributed by atoms with Crippen LogP contribution in [-0.4, -0.2) is 12.7 Å². The highest BCUT2D eigenvalue weighted by Crippen LogP contribution is 2.36. The van der Waals surface area contributed by atoms with Crippen molar-refractivity contribution in [2.75, 3.05) is 6.61 Å². The molecule has 0 unspecified atom stereocenters. The highest BCUT2D eigenvalue weighted by molar-refractivity contribution is 6.31. The summed E-state index contributed by atoms with van der Waals surface area (Å²) in [5, 5.41) is 2.03. The number of benzene rings is 1. The Morgan fingerprint density at radius 1 is 1.39 bits per heavy atom. The van der Waals surface area contributed by atoms with Gasteiger partial charge in [-0.05, 0) is 17.7 Å². The molecule has 1 atom stereocenters. The smallest absolute Gasteiger partial charge is 0.417 e. The van der Waals surface area contributed by atoms with Crippen molar-refractivity contribution < 1.29 is 22.7 Å². The van der Waals surface area contributed by atoms with E-state index in [-0.39, 0.29) is 24.0 Å². The van der Waals surface area contributed by atoms with Crippen LogP contribution in [0.5, 0.6) is 0 Å². The topological polar surface area (TPSA) is 38.3 Å². The van der Waals surface area contributed by atoms with Gasteiger partial charge in [0.25, 0.3) is 0 Å². The second kappa shape index (κ2) is 5.24. The largest absolute Gasteiger partial charge is 0.447 e.